The Hall–Kier alpha value is -2.27. The highest BCUT2D eigenvalue weighted by Gasteiger charge is 2.19. The number of sulfonamides is 1. The van der Waals surface area contributed by atoms with Crippen LogP contribution in [0.5, 0.6) is 0 Å². The van der Waals surface area contributed by atoms with Gasteiger partial charge in [0.15, 0.2) is 0 Å². The minimum Gasteiger partial charge on any atom is -0.383 e. The Morgan fingerprint density at radius 3 is 2.78 bits per heavy atom. The molecule has 0 aliphatic heterocycles. The molecule has 0 fully saturated rings. The third-order valence-electron chi connectivity index (χ3n) is 3.71. The molecule has 0 saturated heterocycles. The fraction of sp³-hybridized carbons (Fsp3) is 0.176. The van der Waals surface area contributed by atoms with E-state index in [1.54, 1.807) is 0 Å². The minimum atomic E-state index is -3.75. The molecule has 3 N–H and O–H groups in total. The fourth-order valence-corrected chi connectivity index (χ4v) is 3.86. The lowest BCUT2D eigenvalue weighted by Gasteiger charge is -2.09. The molecule has 142 valence electrons. The molecule has 1 heterocycles. The molecule has 0 spiro atoms. The lowest BCUT2D eigenvalue weighted by molar-refractivity contribution is 0.102. The minimum absolute atomic E-state index is 0.0171. The monoisotopic (exact) mass is 452 g/mol. The number of aromatic nitrogens is 2. The second-order valence-corrected chi connectivity index (χ2v) is 8.21. The molecule has 0 radical (unpaired) electrons. The van der Waals surface area contributed by atoms with Crippen molar-refractivity contribution >= 4 is 48.8 Å². The summed E-state index contributed by atoms with van der Waals surface area (Å²) in [6, 6.07) is 11.6. The third-order valence-corrected chi connectivity index (χ3v) is 5.86. The van der Waals surface area contributed by atoms with Crippen LogP contribution in [0.2, 0.25) is 0 Å². The van der Waals surface area contributed by atoms with Gasteiger partial charge in [-0.3, -0.25) is 10.1 Å². The number of aromatic amines is 1. The van der Waals surface area contributed by atoms with Gasteiger partial charge in [-0.15, -0.1) is 0 Å². The van der Waals surface area contributed by atoms with Crippen molar-refractivity contribution in [2.45, 2.75) is 4.90 Å². The van der Waals surface area contributed by atoms with Gasteiger partial charge < -0.3 is 9.72 Å². The molecule has 1 aromatic heterocycles. The van der Waals surface area contributed by atoms with Crippen molar-refractivity contribution in [2.24, 2.45) is 0 Å². The average Bonchev–Trinajstić information content (AvgIpc) is 3.04. The van der Waals surface area contributed by atoms with E-state index < -0.39 is 15.9 Å². The number of hydrogen-bond acceptors (Lipinski definition) is 5. The summed E-state index contributed by atoms with van der Waals surface area (Å²) in [4.78, 5) is 19.9. The number of H-pyrrole nitrogens is 1. The van der Waals surface area contributed by atoms with E-state index in [2.05, 4.69) is 35.9 Å². The van der Waals surface area contributed by atoms with E-state index in [4.69, 9.17) is 4.74 Å². The molecular formula is C17H17BrN4O4S. The van der Waals surface area contributed by atoms with E-state index in [1.165, 1.54) is 25.3 Å². The summed E-state index contributed by atoms with van der Waals surface area (Å²) in [6.45, 7) is 0.380. The molecule has 0 aliphatic rings. The Labute approximate surface area is 164 Å². The van der Waals surface area contributed by atoms with Crippen molar-refractivity contribution in [3.63, 3.8) is 0 Å². The lowest BCUT2D eigenvalue weighted by atomic mass is 10.2. The van der Waals surface area contributed by atoms with Gasteiger partial charge in [0.25, 0.3) is 5.91 Å². The summed E-state index contributed by atoms with van der Waals surface area (Å²) >= 11 is 3.28. The first-order chi connectivity index (χ1) is 12.9. The predicted octanol–water partition coefficient (Wildman–Crippen LogP) is 2.50. The van der Waals surface area contributed by atoms with Crippen LogP contribution in [0.3, 0.4) is 0 Å². The zero-order valence-corrected chi connectivity index (χ0v) is 16.7. The number of amides is 1. The molecule has 10 heteroatoms. The summed E-state index contributed by atoms with van der Waals surface area (Å²) in [7, 11) is -2.27. The number of carbonyl (C=O) groups is 1. The Morgan fingerprint density at radius 1 is 1.26 bits per heavy atom. The Bertz CT molecular complexity index is 1050. The van der Waals surface area contributed by atoms with Crippen LogP contribution in [0.4, 0.5) is 5.95 Å². The number of ether oxygens (including phenoxy) is 1. The Kier molecular flexibility index (Phi) is 5.90. The Balaban J connectivity index is 1.83. The zero-order chi connectivity index (χ0) is 19.4. The van der Waals surface area contributed by atoms with Gasteiger partial charge in [0.1, 0.15) is 0 Å². The number of nitrogens with zero attached hydrogens (tertiary/aromatic N) is 1. The summed E-state index contributed by atoms with van der Waals surface area (Å²) in [5.41, 5.74) is 1.67. The number of fused-ring (bicyclic) bond motifs is 1. The number of rotatable bonds is 7. The first-order valence-electron chi connectivity index (χ1n) is 7.95. The molecular weight excluding hydrogens is 436 g/mol. The molecule has 0 unspecified atom stereocenters. The van der Waals surface area contributed by atoms with E-state index in [-0.39, 0.29) is 29.6 Å². The second kappa shape index (κ2) is 8.17. The van der Waals surface area contributed by atoms with Crippen LogP contribution in [0.1, 0.15) is 10.4 Å². The SMILES string of the molecule is COCCNS(=O)(=O)c1ccc(Br)c(C(=O)Nc2nc3ccccc3[nH]2)c1. The number of anilines is 1. The summed E-state index contributed by atoms with van der Waals surface area (Å²) < 4.78 is 32.4. The van der Waals surface area contributed by atoms with Crippen LogP contribution in [0.25, 0.3) is 11.0 Å². The summed E-state index contributed by atoms with van der Waals surface area (Å²) in [5.74, 6) is -0.213. The van der Waals surface area contributed by atoms with E-state index in [0.29, 0.717) is 9.99 Å². The van der Waals surface area contributed by atoms with Gasteiger partial charge in [-0.05, 0) is 46.3 Å². The van der Waals surface area contributed by atoms with E-state index >= 15 is 0 Å². The van der Waals surface area contributed by atoms with Crippen molar-refractivity contribution in [2.75, 3.05) is 25.6 Å². The van der Waals surface area contributed by atoms with Gasteiger partial charge >= 0.3 is 0 Å². The number of para-hydroxylation sites is 2. The van der Waals surface area contributed by atoms with Crippen LogP contribution in [-0.4, -0.2) is 44.6 Å². The zero-order valence-electron chi connectivity index (χ0n) is 14.3. The number of methoxy groups -OCH3 is 1. The highest BCUT2D eigenvalue weighted by atomic mass is 79.9. The first kappa shape index (κ1) is 19.5. The Morgan fingerprint density at radius 2 is 2.04 bits per heavy atom. The van der Waals surface area contributed by atoms with Crippen molar-refractivity contribution < 1.29 is 17.9 Å². The molecule has 0 saturated carbocycles. The molecule has 1 amide bonds. The number of imidazole rings is 1. The fourth-order valence-electron chi connectivity index (χ4n) is 2.39. The second-order valence-electron chi connectivity index (χ2n) is 5.59. The highest BCUT2D eigenvalue weighted by molar-refractivity contribution is 9.10. The van der Waals surface area contributed by atoms with Gasteiger partial charge in [-0.2, -0.15) is 0 Å². The van der Waals surface area contributed by atoms with Crippen molar-refractivity contribution in [3.8, 4) is 0 Å². The smallest absolute Gasteiger partial charge is 0.259 e. The van der Waals surface area contributed by atoms with Gasteiger partial charge in [0, 0.05) is 18.1 Å². The van der Waals surface area contributed by atoms with Crippen LogP contribution in [-0.2, 0) is 14.8 Å². The van der Waals surface area contributed by atoms with Crippen molar-refractivity contribution in [3.05, 3.63) is 52.5 Å². The molecule has 2 aromatic carbocycles. The number of halogens is 1. The maximum Gasteiger partial charge on any atom is 0.259 e. The van der Waals surface area contributed by atoms with Crippen molar-refractivity contribution in [1.82, 2.24) is 14.7 Å². The normalized spacial score (nSPS) is 11.6. The largest absolute Gasteiger partial charge is 0.383 e. The molecule has 3 rings (SSSR count). The number of carbonyl (C=O) groups excluding carboxylic acids is 1. The standard InChI is InChI=1S/C17H17BrN4O4S/c1-26-9-8-19-27(24,25)11-6-7-13(18)12(10-11)16(23)22-17-20-14-4-2-3-5-15(14)21-17/h2-7,10,19H,8-9H2,1H3,(H2,20,21,22,23). The van der Waals surface area contributed by atoms with Gasteiger partial charge in [-0.25, -0.2) is 18.1 Å². The maximum atomic E-state index is 12.6. The number of hydrogen-bond donors (Lipinski definition) is 3. The number of nitrogens with one attached hydrogen (secondary N) is 3. The predicted molar refractivity (Wildman–Crippen MR) is 105 cm³/mol. The molecule has 0 aliphatic carbocycles. The number of benzene rings is 2. The summed E-state index contributed by atoms with van der Waals surface area (Å²) in [6.07, 6.45) is 0. The average molecular weight is 453 g/mol. The molecule has 3 aromatic rings. The van der Waals surface area contributed by atoms with E-state index in [9.17, 15) is 13.2 Å². The van der Waals surface area contributed by atoms with Crippen LogP contribution in [0.15, 0.2) is 51.8 Å². The van der Waals surface area contributed by atoms with Crippen LogP contribution >= 0.6 is 15.9 Å². The van der Waals surface area contributed by atoms with Gasteiger partial charge in [-0.1, -0.05) is 12.1 Å². The topological polar surface area (TPSA) is 113 Å². The lowest BCUT2D eigenvalue weighted by Crippen LogP contribution is -2.27. The van der Waals surface area contributed by atoms with Crippen LogP contribution < -0.4 is 10.0 Å². The maximum absolute atomic E-state index is 12.6. The molecule has 27 heavy (non-hydrogen) atoms. The quantitative estimate of drug-likeness (QED) is 0.476. The van der Waals surface area contributed by atoms with Crippen molar-refractivity contribution in [1.29, 1.82) is 0 Å². The van der Waals surface area contributed by atoms with Crippen LogP contribution in [0, 0.1) is 0 Å². The third kappa shape index (κ3) is 4.53. The van der Waals surface area contributed by atoms with E-state index in [0.717, 1.165) is 5.52 Å². The highest BCUT2D eigenvalue weighted by Crippen LogP contribution is 2.22. The van der Waals surface area contributed by atoms with Gasteiger partial charge in [0.05, 0.1) is 28.1 Å². The first-order valence-corrected chi connectivity index (χ1v) is 10.2. The summed E-state index contributed by atoms with van der Waals surface area (Å²) in [5, 5.41) is 2.65. The molecule has 8 nitrogen and oxygen atoms in total. The molecule has 0 bridgehead atoms. The van der Waals surface area contributed by atoms with E-state index in [1.807, 2.05) is 24.3 Å². The van der Waals surface area contributed by atoms with Gasteiger partial charge in [0.2, 0.25) is 16.0 Å². The molecule has 0 atom stereocenters.